The molecule has 0 unspecified atom stereocenters. The highest BCUT2D eigenvalue weighted by atomic mass is 19.1. The Kier molecular flexibility index (Phi) is 2.85. The molecule has 4 nitrogen and oxygen atoms in total. The lowest BCUT2D eigenvalue weighted by molar-refractivity contribution is 0.621. The van der Waals surface area contributed by atoms with Gasteiger partial charge in [0.25, 0.3) is 0 Å². The van der Waals surface area contributed by atoms with Crippen molar-refractivity contribution in [3.63, 3.8) is 0 Å². The van der Waals surface area contributed by atoms with Crippen LogP contribution in [0.3, 0.4) is 0 Å². The van der Waals surface area contributed by atoms with E-state index in [2.05, 4.69) is 15.4 Å². The molecule has 2 heterocycles. The monoisotopic (exact) mass is 220 g/mol. The first-order valence-electron chi connectivity index (χ1n) is 4.99. The summed E-state index contributed by atoms with van der Waals surface area (Å²) in [6, 6.07) is 2.99. The van der Waals surface area contributed by atoms with E-state index in [9.17, 15) is 4.39 Å². The number of anilines is 1. The van der Waals surface area contributed by atoms with Crippen molar-refractivity contribution in [1.82, 2.24) is 14.8 Å². The van der Waals surface area contributed by atoms with Gasteiger partial charge in [-0.25, -0.2) is 9.37 Å². The van der Waals surface area contributed by atoms with Crippen molar-refractivity contribution in [3.8, 4) is 0 Å². The van der Waals surface area contributed by atoms with Crippen LogP contribution in [0.5, 0.6) is 0 Å². The van der Waals surface area contributed by atoms with E-state index >= 15 is 0 Å². The smallest absolute Gasteiger partial charge is 0.141 e. The molecule has 0 aromatic carbocycles. The number of aromatic nitrogens is 3. The summed E-state index contributed by atoms with van der Waals surface area (Å²) in [5.41, 5.74) is 2.21. The fraction of sp³-hybridized carbons (Fsp3) is 0.273. The fourth-order valence-electron chi connectivity index (χ4n) is 1.38. The molecule has 0 amide bonds. The molecule has 0 aliphatic carbocycles. The van der Waals surface area contributed by atoms with E-state index in [1.165, 1.54) is 12.3 Å². The van der Waals surface area contributed by atoms with Gasteiger partial charge >= 0.3 is 0 Å². The maximum atomic E-state index is 12.6. The second-order valence-electron chi connectivity index (χ2n) is 3.59. The van der Waals surface area contributed by atoms with Crippen LogP contribution in [0, 0.1) is 12.7 Å². The average molecular weight is 220 g/mol. The minimum atomic E-state index is -0.330. The maximum absolute atomic E-state index is 12.6. The van der Waals surface area contributed by atoms with Gasteiger partial charge in [0.05, 0.1) is 12.4 Å². The number of halogens is 1. The lowest BCUT2D eigenvalue weighted by Crippen LogP contribution is -2.02. The Bertz CT molecular complexity index is 475. The number of hydrogen-bond donors (Lipinski definition) is 1. The molecular weight excluding hydrogens is 207 g/mol. The molecule has 0 atom stereocenters. The first kappa shape index (κ1) is 10.6. The molecule has 0 fully saturated rings. The number of nitrogens with zero attached hydrogens (tertiary/aromatic N) is 3. The topological polar surface area (TPSA) is 42.7 Å². The van der Waals surface area contributed by atoms with Gasteiger partial charge in [-0.05, 0) is 19.1 Å². The van der Waals surface area contributed by atoms with E-state index in [1.807, 2.05) is 24.9 Å². The number of pyridine rings is 1. The first-order chi connectivity index (χ1) is 7.66. The van der Waals surface area contributed by atoms with Gasteiger partial charge in [0.15, 0.2) is 0 Å². The zero-order valence-corrected chi connectivity index (χ0v) is 9.24. The van der Waals surface area contributed by atoms with Crippen molar-refractivity contribution in [2.75, 3.05) is 5.32 Å². The highest BCUT2D eigenvalue weighted by Crippen LogP contribution is 2.09. The summed E-state index contributed by atoms with van der Waals surface area (Å²) in [7, 11) is 1.90. The normalized spacial score (nSPS) is 10.4. The van der Waals surface area contributed by atoms with E-state index < -0.39 is 0 Å². The highest BCUT2D eigenvalue weighted by Gasteiger charge is 2.03. The van der Waals surface area contributed by atoms with Gasteiger partial charge in [0, 0.05) is 24.8 Å². The van der Waals surface area contributed by atoms with Gasteiger partial charge in [-0.15, -0.1) is 0 Å². The Morgan fingerprint density at radius 3 is 2.75 bits per heavy atom. The van der Waals surface area contributed by atoms with Crippen LogP contribution >= 0.6 is 0 Å². The molecule has 0 aliphatic rings. The summed E-state index contributed by atoms with van der Waals surface area (Å²) >= 11 is 0. The molecule has 84 valence electrons. The molecule has 2 aromatic rings. The molecule has 2 aromatic heterocycles. The third-order valence-electron chi connectivity index (χ3n) is 2.52. The van der Waals surface area contributed by atoms with E-state index in [0.29, 0.717) is 12.4 Å². The van der Waals surface area contributed by atoms with Crippen LogP contribution in [0.2, 0.25) is 0 Å². The number of aryl methyl sites for hydroxylation is 1. The molecule has 1 N–H and O–H groups in total. The maximum Gasteiger partial charge on any atom is 0.141 e. The second-order valence-corrected chi connectivity index (χ2v) is 3.59. The van der Waals surface area contributed by atoms with Crippen molar-refractivity contribution in [3.05, 3.63) is 41.6 Å². The van der Waals surface area contributed by atoms with Gasteiger partial charge in [-0.1, -0.05) is 0 Å². The summed E-state index contributed by atoms with van der Waals surface area (Å²) < 4.78 is 14.4. The van der Waals surface area contributed by atoms with Gasteiger partial charge in [0.2, 0.25) is 0 Å². The first-order valence-corrected chi connectivity index (χ1v) is 4.99. The molecule has 5 heteroatoms. The van der Waals surface area contributed by atoms with E-state index in [-0.39, 0.29) is 5.82 Å². The Hall–Kier alpha value is -1.91. The predicted molar refractivity (Wildman–Crippen MR) is 59.5 cm³/mol. The van der Waals surface area contributed by atoms with Gasteiger partial charge in [-0.3, -0.25) is 4.68 Å². The van der Waals surface area contributed by atoms with Crippen molar-refractivity contribution >= 4 is 5.82 Å². The van der Waals surface area contributed by atoms with Gasteiger partial charge in [-0.2, -0.15) is 5.10 Å². The van der Waals surface area contributed by atoms with Crippen LogP contribution in [-0.4, -0.2) is 14.8 Å². The average Bonchev–Trinajstić information content (AvgIpc) is 2.60. The molecule has 16 heavy (non-hydrogen) atoms. The Morgan fingerprint density at radius 2 is 2.19 bits per heavy atom. The molecule has 0 spiro atoms. The molecule has 0 saturated heterocycles. The Balaban J connectivity index is 2.02. The molecule has 0 bridgehead atoms. The van der Waals surface area contributed by atoms with Crippen molar-refractivity contribution in [1.29, 1.82) is 0 Å². The summed E-state index contributed by atoms with van der Waals surface area (Å²) in [4.78, 5) is 3.92. The van der Waals surface area contributed by atoms with E-state index in [0.717, 1.165) is 11.3 Å². The summed E-state index contributed by atoms with van der Waals surface area (Å²) in [5, 5.41) is 7.25. The predicted octanol–water partition coefficient (Wildman–Crippen LogP) is 1.87. The van der Waals surface area contributed by atoms with Crippen molar-refractivity contribution < 1.29 is 4.39 Å². The van der Waals surface area contributed by atoms with E-state index in [4.69, 9.17) is 0 Å². The quantitative estimate of drug-likeness (QED) is 0.858. The third-order valence-corrected chi connectivity index (χ3v) is 2.52. The number of rotatable bonds is 3. The van der Waals surface area contributed by atoms with Crippen LogP contribution in [-0.2, 0) is 13.6 Å². The van der Waals surface area contributed by atoms with Crippen LogP contribution in [0.1, 0.15) is 11.3 Å². The molecule has 0 aliphatic heterocycles. The standard InChI is InChI=1S/C11H13FN4/c1-8-9(6-15-16(8)2)5-13-11-4-3-10(12)7-14-11/h3-4,6-7H,5H2,1-2H3,(H,13,14). The van der Waals surface area contributed by atoms with Crippen molar-refractivity contribution in [2.24, 2.45) is 7.05 Å². The lowest BCUT2D eigenvalue weighted by Gasteiger charge is -2.04. The Morgan fingerprint density at radius 1 is 1.38 bits per heavy atom. The lowest BCUT2D eigenvalue weighted by atomic mass is 10.2. The fourth-order valence-corrected chi connectivity index (χ4v) is 1.38. The number of nitrogens with one attached hydrogen (secondary N) is 1. The zero-order chi connectivity index (χ0) is 11.5. The third kappa shape index (κ3) is 2.18. The second kappa shape index (κ2) is 4.30. The molecule has 0 radical (unpaired) electrons. The summed E-state index contributed by atoms with van der Waals surface area (Å²) in [6.07, 6.45) is 3.00. The van der Waals surface area contributed by atoms with Crippen LogP contribution < -0.4 is 5.32 Å². The molecular formula is C11H13FN4. The van der Waals surface area contributed by atoms with E-state index in [1.54, 1.807) is 6.07 Å². The van der Waals surface area contributed by atoms with Gasteiger partial charge in [0.1, 0.15) is 11.6 Å². The molecule has 0 saturated carbocycles. The summed E-state index contributed by atoms with van der Waals surface area (Å²) in [6.45, 7) is 2.64. The zero-order valence-electron chi connectivity index (χ0n) is 9.24. The van der Waals surface area contributed by atoms with Crippen LogP contribution in [0.4, 0.5) is 10.2 Å². The highest BCUT2D eigenvalue weighted by molar-refractivity contribution is 5.35. The Labute approximate surface area is 93.1 Å². The number of hydrogen-bond acceptors (Lipinski definition) is 3. The molecule has 2 rings (SSSR count). The minimum Gasteiger partial charge on any atom is -0.366 e. The minimum absolute atomic E-state index is 0.330. The largest absolute Gasteiger partial charge is 0.366 e. The van der Waals surface area contributed by atoms with Crippen molar-refractivity contribution in [2.45, 2.75) is 13.5 Å². The van der Waals surface area contributed by atoms with Gasteiger partial charge < -0.3 is 5.32 Å². The van der Waals surface area contributed by atoms with Crippen LogP contribution in [0.25, 0.3) is 0 Å². The van der Waals surface area contributed by atoms with Crippen LogP contribution in [0.15, 0.2) is 24.5 Å². The SMILES string of the molecule is Cc1c(CNc2ccc(F)cn2)cnn1C. The summed E-state index contributed by atoms with van der Waals surface area (Å²) in [5.74, 6) is 0.327.